The third-order valence-corrected chi connectivity index (χ3v) is 6.73. The second-order valence-corrected chi connectivity index (χ2v) is 8.60. The molecule has 0 bridgehead atoms. The Kier molecular flexibility index (Phi) is 6.33. The van der Waals surface area contributed by atoms with E-state index < -0.39 is 0 Å². The van der Waals surface area contributed by atoms with Crippen molar-refractivity contribution < 1.29 is 14.0 Å². The largest absolute Gasteiger partial charge is 0.316 e. The molecule has 4 heteroatoms. The van der Waals surface area contributed by atoms with Crippen molar-refractivity contribution in [1.82, 2.24) is 5.32 Å². The highest BCUT2D eigenvalue weighted by Crippen LogP contribution is 2.43. The van der Waals surface area contributed by atoms with E-state index in [0.717, 1.165) is 48.9 Å². The van der Waals surface area contributed by atoms with Gasteiger partial charge in [0.2, 0.25) is 0 Å². The lowest BCUT2D eigenvalue weighted by Gasteiger charge is -2.30. The smallest absolute Gasteiger partial charge is 0.193 e. The number of aldehydes is 1. The molecule has 1 atom stereocenters. The van der Waals surface area contributed by atoms with Gasteiger partial charge in [0.25, 0.3) is 0 Å². The molecule has 1 unspecified atom stereocenters. The van der Waals surface area contributed by atoms with Crippen LogP contribution in [0.1, 0.15) is 67.3 Å². The molecular formula is C28H28FNO2. The van der Waals surface area contributed by atoms with Crippen molar-refractivity contribution in [2.45, 2.75) is 39.5 Å². The zero-order valence-electron chi connectivity index (χ0n) is 18.8. The van der Waals surface area contributed by atoms with Gasteiger partial charge in [0.05, 0.1) is 0 Å². The Morgan fingerprint density at radius 3 is 2.41 bits per heavy atom. The number of carbonyl (C=O) groups is 2. The van der Waals surface area contributed by atoms with E-state index in [0.29, 0.717) is 33.4 Å². The van der Waals surface area contributed by atoms with Crippen molar-refractivity contribution in [1.29, 1.82) is 0 Å². The lowest BCUT2D eigenvalue weighted by atomic mass is 9.75. The van der Waals surface area contributed by atoms with Crippen molar-refractivity contribution in [3.63, 3.8) is 0 Å². The van der Waals surface area contributed by atoms with Crippen LogP contribution >= 0.6 is 0 Å². The maximum atomic E-state index is 14.7. The summed E-state index contributed by atoms with van der Waals surface area (Å²) >= 11 is 0. The van der Waals surface area contributed by atoms with Crippen LogP contribution in [0.2, 0.25) is 0 Å². The molecule has 0 spiro atoms. The summed E-state index contributed by atoms with van der Waals surface area (Å²) in [4.78, 5) is 26.0. The Balaban J connectivity index is 2.13. The van der Waals surface area contributed by atoms with Crippen molar-refractivity contribution in [3.05, 3.63) is 93.3 Å². The average molecular weight is 430 g/mol. The molecule has 3 aromatic rings. The van der Waals surface area contributed by atoms with Gasteiger partial charge >= 0.3 is 0 Å². The van der Waals surface area contributed by atoms with Crippen LogP contribution in [0.15, 0.2) is 48.5 Å². The van der Waals surface area contributed by atoms with Gasteiger partial charge < -0.3 is 5.32 Å². The third kappa shape index (κ3) is 3.80. The SMILES string of the molecule is Cc1c(F)cccc1-c1c(C(=O)c2ccccc2)c(C)c(C=O)c(C)c1C1CCCNC1. The summed E-state index contributed by atoms with van der Waals surface area (Å²) in [5.41, 5.74) is 6.13. The van der Waals surface area contributed by atoms with Crippen molar-refractivity contribution in [3.8, 4) is 11.1 Å². The topological polar surface area (TPSA) is 46.2 Å². The van der Waals surface area contributed by atoms with Crippen molar-refractivity contribution in [2.75, 3.05) is 13.1 Å². The Morgan fingerprint density at radius 1 is 1.00 bits per heavy atom. The second kappa shape index (κ2) is 9.17. The van der Waals surface area contributed by atoms with Gasteiger partial charge in [-0.3, -0.25) is 9.59 Å². The number of benzene rings is 3. The van der Waals surface area contributed by atoms with E-state index in [2.05, 4.69) is 5.32 Å². The maximum Gasteiger partial charge on any atom is 0.193 e. The summed E-state index contributed by atoms with van der Waals surface area (Å²) < 4.78 is 14.7. The van der Waals surface area contributed by atoms with Gasteiger partial charge in [-0.1, -0.05) is 42.5 Å². The third-order valence-electron chi connectivity index (χ3n) is 6.73. The molecule has 1 heterocycles. The summed E-state index contributed by atoms with van der Waals surface area (Å²) in [6.07, 6.45) is 2.82. The first-order valence-corrected chi connectivity index (χ1v) is 11.1. The molecule has 1 aliphatic rings. The van der Waals surface area contributed by atoms with E-state index in [1.165, 1.54) is 6.07 Å². The lowest BCUT2D eigenvalue weighted by Crippen LogP contribution is -2.30. The highest BCUT2D eigenvalue weighted by molar-refractivity contribution is 6.15. The Labute approximate surface area is 188 Å². The number of carbonyl (C=O) groups excluding carboxylic acids is 2. The number of halogens is 1. The minimum Gasteiger partial charge on any atom is -0.316 e. The van der Waals surface area contributed by atoms with Crippen LogP contribution in [0.25, 0.3) is 11.1 Å². The Morgan fingerprint density at radius 2 is 1.75 bits per heavy atom. The second-order valence-electron chi connectivity index (χ2n) is 8.60. The fraction of sp³-hybridized carbons (Fsp3) is 0.286. The minimum atomic E-state index is -0.303. The van der Waals surface area contributed by atoms with E-state index in [1.807, 2.05) is 38.1 Å². The van der Waals surface area contributed by atoms with Crippen LogP contribution in [0.3, 0.4) is 0 Å². The van der Waals surface area contributed by atoms with Gasteiger partial charge in [0.1, 0.15) is 5.82 Å². The van der Waals surface area contributed by atoms with E-state index in [9.17, 15) is 14.0 Å². The Bertz CT molecular complexity index is 1180. The molecule has 4 rings (SSSR count). The molecule has 32 heavy (non-hydrogen) atoms. The minimum absolute atomic E-state index is 0.142. The number of hydrogen-bond acceptors (Lipinski definition) is 3. The fourth-order valence-corrected chi connectivity index (χ4v) is 5.03. The highest BCUT2D eigenvalue weighted by Gasteiger charge is 2.30. The number of hydrogen-bond donors (Lipinski definition) is 1. The number of nitrogens with one attached hydrogen (secondary N) is 1. The Hall–Kier alpha value is -3.11. The molecule has 1 saturated heterocycles. The molecule has 3 aromatic carbocycles. The molecule has 1 N–H and O–H groups in total. The summed E-state index contributed by atoms with van der Waals surface area (Å²) in [6, 6.07) is 14.1. The van der Waals surface area contributed by atoms with Gasteiger partial charge in [0, 0.05) is 23.2 Å². The van der Waals surface area contributed by atoms with Crippen molar-refractivity contribution >= 4 is 12.1 Å². The molecule has 1 fully saturated rings. The van der Waals surface area contributed by atoms with Gasteiger partial charge in [-0.25, -0.2) is 4.39 Å². The van der Waals surface area contributed by atoms with Crippen molar-refractivity contribution in [2.24, 2.45) is 0 Å². The zero-order chi connectivity index (χ0) is 22.8. The predicted molar refractivity (Wildman–Crippen MR) is 126 cm³/mol. The molecule has 1 aliphatic heterocycles. The fourth-order valence-electron chi connectivity index (χ4n) is 5.03. The van der Waals surface area contributed by atoms with Gasteiger partial charge in [-0.05, 0) is 85.5 Å². The molecule has 0 saturated carbocycles. The van der Waals surface area contributed by atoms with E-state index in [4.69, 9.17) is 0 Å². The van der Waals surface area contributed by atoms with Crippen LogP contribution in [-0.4, -0.2) is 25.2 Å². The average Bonchev–Trinajstić information content (AvgIpc) is 2.81. The lowest BCUT2D eigenvalue weighted by molar-refractivity contribution is 0.103. The maximum absolute atomic E-state index is 14.7. The summed E-state index contributed by atoms with van der Waals surface area (Å²) in [6.45, 7) is 7.25. The predicted octanol–water partition coefficient (Wildman–Crippen LogP) is 5.93. The summed E-state index contributed by atoms with van der Waals surface area (Å²) in [5, 5.41) is 3.45. The summed E-state index contributed by atoms with van der Waals surface area (Å²) in [5.74, 6) is -0.305. The van der Waals surface area contributed by atoms with E-state index in [-0.39, 0.29) is 17.5 Å². The molecular weight excluding hydrogens is 401 g/mol. The molecule has 3 nitrogen and oxygen atoms in total. The molecule has 0 amide bonds. The zero-order valence-corrected chi connectivity index (χ0v) is 18.8. The number of rotatable bonds is 5. The summed E-state index contributed by atoms with van der Waals surface area (Å²) in [7, 11) is 0. The van der Waals surface area contributed by atoms with Crippen LogP contribution < -0.4 is 5.32 Å². The number of piperidine rings is 1. The quantitative estimate of drug-likeness (QED) is 0.404. The number of ketones is 1. The van der Waals surface area contributed by atoms with Crippen LogP contribution in [0, 0.1) is 26.6 Å². The van der Waals surface area contributed by atoms with E-state index >= 15 is 0 Å². The molecule has 164 valence electrons. The van der Waals surface area contributed by atoms with Gasteiger partial charge in [0.15, 0.2) is 12.1 Å². The first-order chi connectivity index (χ1) is 15.5. The monoisotopic (exact) mass is 429 g/mol. The van der Waals surface area contributed by atoms with Gasteiger partial charge in [-0.15, -0.1) is 0 Å². The van der Waals surface area contributed by atoms with Gasteiger partial charge in [-0.2, -0.15) is 0 Å². The molecule has 0 radical (unpaired) electrons. The highest BCUT2D eigenvalue weighted by atomic mass is 19.1. The normalized spacial score (nSPS) is 16.1. The van der Waals surface area contributed by atoms with Crippen LogP contribution in [0.5, 0.6) is 0 Å². The van der Waals surface area contributed by atoms with Crippen LogP contribution in [0.4, 0.5) is 4.39 Å². The first kappa shape index (κ1) is 22.1. The standard InChI is InChI=1S/C28H28FNO2/c1-17-22(12-7-13-24(17)29)27-25(21-11-8-14-30-15-21)18(2)23(16-31)19(3)26(27)28(32)20-9-5-4-6-10-20/h4-7,9-10,12-13,16,21,30H,8,11,14-15H2,1-3H3. The molecule has 0 aromatic heterocycles. The molecule has 0 aliphatic carbocycles. The van der Waals surface area contributed by atoms with Crippen LogP contribution in [-0.2, 0) is 0 Å². The first-order valence-electron chi connectivity index (χ1n) is 11.1. The van der Waals surface area contributed by atoms with E-state index in [1.54, 1.807) is 25.1 Å².